The van der Waals surface area contributed by atoms with Gasteiger partial charge in [-0.1, -0.05) is 17.7 Å². The standard InChI is InChI=1S/C10H12ClN3O2/c1-6-2-3-7(11)4-8(6)14-9(15)5-13-10(12)16/h2-4H,5H2,1H3,(H,14,15)(H3,12,13,16). The summed E-state index contributed by atoms with van der Waals surface area (Å²) in [7, 11) is 0. The van der Waals surface area contributed by atoms with Crippen LogP contribution in [0.2, 0.25) is 5.02 Å². The molecular weight excluding hydrogens is 230 g/mol. The van der Waals surface area contributed by atoms with E-state index >= 15 is 0 Å². The monoisotopic (exact) mass is 241 g/mol. The smallest absolute Gasteiger partial charge is 0.312 e. The number of aryl methyl sites for hydroxylation is 1. The molecule has 0 aromatic heterocycles. The van der Waals surface area contributed by atoms with Crippen LogP contribution in [0, 0.1) is 6.92 Å². The molecule has 3 amide bonds. The van der Waals surface area contributed by atoms with Crippen LogP contribution < -0.4 is 16.4 Å². The Morgan fingerprint density at radius 1 is 1.44 bits per heavy atom. The minimum Gasteiger partial charge on any atom is -0.352 e. The first kappa shape index (κ1) is 12.3. The Labute approximate surface area is 98.0 Å². The highest BCUT2D eigenvalue weighted by atomic mass is 35.5. The number of hydrogen-bond donors (Lipinski definition) is 3. The fraction of sp³-hybridized carbons (Fsp3) is 0.200. The minimum absolute atomic E-state index is 0.165. The number of halogens is 1. The van der Waals surface area contributed by atoms with E-state index in [-0.39, 0.29) is 12.5 Å². The molecule has 0 aliphatic carbocycles. The highest BCUT2D eigenvalue weighted by Gasteiger charge is 2.05. The number of anilines is 1. The van der Waals surface area contributed by atoms with Gasteiger partial charge in [-0.2, -0.15) is 0 Å². The second-order valence-corrected chi connectivity index (χ2v) is 3.66. The molecule has 0 spiro atoms. The molecule has 1 rings (SSSR count). The number of rotatable bonds is 3. The van der Waals surface area contributed by atoms with Crippen molar-refractivity contribution in [3.8, 4) is 0 Å². The minimum atomic E-state index is -0.738. The van der Waals surface area contributed by atoms with E-state index < -0.39 is 6.03 Å². The predicted octanol–water partition coefficient (Wildman–Crippen LogP) is 1.26. The van der Waals surface area contributed by atoms with Crippen LogP contribution in [-0.4, -0.2) is 18.5 Å². The molecule has 0 radical (unpaired) electrons. The van der Waals surface area contributed by atoms with Crippen molar-refractivity contribution in [3.63, 3.8) is 0 Å². The van der Waals surface area contributed by atoms with Crippen molar-refractivity contribution in [3.05, 3.63) is 28.8 Å². The Morgan fingerprint density at radius 2 is 2.12 bits per heavy atom. The van der Waals surface area contributed by atoms with Gasteiger partial charge in [0.05, 0.1) is 6.54 Å². The topological polar surface area (TPSA) is 84.2 Å². The van der Waals surface area contributed by atoms with Crippen molar-refractivity contribution in [1.29, 1.82) is 0 Å². The van der Waals surface area contributed by atoms with E-state index in [0.29, 0.717) is 10.7 Å². The van der Waals surface area contributed by atoms with Gasteiger partial charge in [-0.15, -0.1) is 0 Å². The third-order valence-corrected chi connectivity index (χ3v) is 2.13. The number of amides is 3. The van der Waals surface area contributed by atoms with Crippen molar-refractivity contribution in [1.82, 2.24) is 5.32 Å². The molecule has 16 heavy (non-hydrogen) atoms. The predicted molar refractivity (Wildman–Crippen MR) is 62.4 cm³/mol. The summed E-state index contributed by atoms with van der Waals surface area (Å²) in [5, 5.41) is 5.34. The highest BCUT2D eigenvalue weighted by molar-refractivity contribution is 6.31. The van der Waals surface area contributed by atoms with E-state index in [4.69, 9.17) is 17.3 Å². The van der Waals surface area contributed by atoms with Gasteiger partial charge in [-0.05, 0) is 24.6 Å². The van der Waals surface area contributed by atoms with Crippen LogP contribution in [0.3, 0.4) is 0 Å². The first-order valence-corrected chi connectivity index (χ1v) is 4.96. The summed E-state index contributed by atoms with van der Waals surface area (Å²) in [6.45, 7) is 1.68. The zero-order valence-corrected chi connectivity index (χ0v) is 9.47. The van der Waals surface area contributed by atoms with Gasteiger partial charge < -0.3 is 16.4 Å². The van der Waals surface area contributed by atoms with E-state index in [0.717, 1.165) is 5.56 Å². The molecule has 1 aromatic carbocycles. The summed E-state index contributed by atoms with van der Waals surface area (Å²) < 4.78 is 0. The Morgan fingerprint density at radius 3 is 2.75 bits per heavy atom. The number of nitrogens with two attached hydrogens (primary N) is 1. The largest absolute Gasteiger partial charge is 0.352 e. The fourth-order valence-corrected chi connectivity index (χ4v) is 1.26. The lowest BCUT2D eigenvalue weighted by Crippen LogP contribution is -2.36. The van der Waals surface area contributed by atoms with Gasteiger partial charge in [0.25, 0.3) is 0 Å². The van der Waals surface area contributed by atoms with Crippen LogP contribution in [0.1, 0.15) is 5.56 Å². The first-order chi connectivity index (χ1) is 7.49. The van der Waals surface area contributed by atoms with Crippen LogP contribution in [0.4, 0.5) is 10.5 Å². The number of urea groups is 1. The van der Waals surface area contributed by atoms with Crippen LogP contribution in [-0.2, 0) is 4.79 Å². The number of benzene rings is 1. The third-order valence-electron chi connectivity index (χ3n) is 1.90. The van der Waals surface area contributed by atoms with Crippen LogP contribution in [0.5, 0.6) is 0 Å². The van der Waals surface area contributed by atoms with Crippen LogP contribution in [0.25, 0.3) is 0 Å². The molecule has 0 aliphatic heterocycles. The summed E-state index contributed by atoms with van der Waals surface area (Å²) >= 11 is 5.79. The SMILES string of the molecule is Cc1ccc(Cl)cc1NC(=O)CNC(N)=O. The van der Waals surface area contributed by atoms with Gasteiger partial charge in [0, 0.05) is 10.7 Å². The molecule has 0 bridgehead atoms. The molecule has 0 aliphatic rings. The van der Waals surface area contributed by atoms with Crippen molar-refractivity contribution in [2.45, 2.75) is 6.92 Å². The normalized spacial score (nSPS) is 9.62. The Balaban J connectivity index is 2.62. The Hall–Kier alpha value is -1.75. The molecular formula is C10H12ClN3O2. The van der Waals surface area contributed by atoms with E-state index in [1.165, 1.54) is 0 Å². The molecule has 1 aromatic rings. The Kier molecular flexibility index (Phi) is 4.13. The lowest BCUT2D eigenvalue weighted by Gasteiger charge is -2.08. The summed E-state index contributed by atoms with van der Waals surface area (Å²) in [4.78, 5) is 21.7. The Bertz CT molecular complexity index is 421. The van der Waals surface area contributed by atoms with Crippen molar-refractivity contribution in [2.24, 2.45) is 5.73 Å². The molecule has 5 nitrogen and oxygen atoms in total. The van der Waals surface area contributed by atoms with E-state index in [1.807, 2.05) is 6.92 Å². The summed E-state index contributed by atoms with van der Waals surface area (Å²) in [6, 6.07) is 4.42. The van der Waals surface area contributed by atoms with E-state index in [2.05, 4.69) is 10.6 Å². The van der Waals surface area contributed by atoms with Crippen LogP contribution in [0.15, 0.2) is 18.2 Å². The van der Waals surface area contributed by atoms with Crippen LogP contribution >= 0.6 is 11.6 Å². The maximum Gasteiger partial charge on any atom is 0.312 e. The molecule has 0 fully saturated rings. The average Bonchev–Trinajstić information content (AvgIpc) is 2.20. The third kappa shape index (κ3) is 3.78. The molecule has 6 heteroatoms. The molecule has 0 unspecified atom stereocenters. The lowest BCUT2D eigenvalue weighted by atomic mass is 10.2. The molecule has 86 valence electrons. The van der Waals surface area contributed by atoms with Gasteiger partial charge >= 0.3 is 6.03 Å². The number of nitrogens with one attached hydrogen (secondary N) is 2. The summed E-state index contributed by atoms with van der Waals surface area (Å²) in [5.41, 5.74) is 6.34. The molecule has 0 saturated heterocycles. The van der Waals surface area contributed by atoms with Crippen molar-refractivity contribution < 1.29 is 9.59 Å². The van der Waals surface area contributed by atoms with Gasteiger partial charge in [-0.3, -0.25) is 4.79 Å². The molecule has 0 saturated carbocycles. The van der Waals surface area contributed by atoms with Gasteiger partial charge in [0.15, 0.2) is 0 Å². The maximum atomic E-state index is 11.4. The second-order valence-electron chi connectivity index (χ2n) is 3.23. The van der Waals surface area contributed by atoms with Gasteiger partial charge in [0.2, 0.25) is 5.91 Å². The van der Waals surface area contributed by atoms with Crippen molar-refractivity contribution >= 4 is 29.2 Å². The average molecular weight is 242 g/mol. The number of primary amides is 1. The lowest BCUT2D eigenvalue weighted by molar-refractivity contribution is -0.115. The highest BCUT2D eigenvalue weighted by Crippen LogP contribution is 2.19. The summed E-state index contributed by atoms with van der Waals surface area (Å²) in [5.74, 6) is -0.357. The zero-order chi connectivity index (χ0) is 12.1. The fourth-order valence-electron chi connectivity index (χ4n) is 1.09. The van der Waals surface area contributed by atoms with Gasteiger partial charge in [-0.25, -0.2) is 4.79 Å². The van der Waals surface area contributed by atoms with E-state index in [1.54, 1.807) is 18.2 Å². The number of hydrogen-bond acceptors (Lipinski definition) is 2. The number of carbonyl (C=O) groups is 2. The summed E-state index contributed by atoms with van der Waals surface area (Å²) in [6.07, 6.45) is 0. The van der Waals surface area contributed by atoms with E-state index in [9.17, 15) is 9.59 Å². The molecule has 0 atom stereocenters. The second kappa shape index (κ2) is 5.37. The maximum absolute atomic E-state index is 11.4. The zero-order valence-electron chi connectivity index (χ0n) is 8.71. The first-order valence-electron chi connectivity index (χ1n) is 4.58. The quantitative estimate of drug-likeness (QED) is 0.744. The number of carbonyl (C=O) groups excluding carboxylic acids is 2. The molecule has 0 heterocycles. The van der Waals surface area contributed by atoms with Gasteiger partial charge in [0.1, 0.15) is 0 Å². The molecule has 4 N–H and O–H groups in total. The van der Waals surface area contributed by atoms with Crippen molar-refractivity contribution in [2.75, 3.05) is 11.9 Å².